The summed E-state index contributed by atoms with van der Waals surface area (Å²) in [6.45, 7) is 0. The van der Waals surface area contributed by atoms with E-state index in [0.29, 0.717) is 22.3 Å². The van der Waals surface area contributed by atoms with E-state index in [1.807, 2.05) is 0 Å². The number of pyridine rings is 1. The van der Waals surface area contributed by atoms with Gasteiger partial charge in [-0.05, 0) is 30.3 Å². The van der Waals surface area contributed by atoms with Crippen molar-refractivity contribution in [2.24, 2.45) is 0 Å². The van der Waals surface area contributed by atoms with E-state index in [-0.39, 0.29) is 5.52 Å². The third kappa shape index (κ3) is 2.94. The van der Waals surface area contributed by atoms with E-state index in [2.05, 4.69) is 16.4 Å². The Labute approximate surface area is 130 Å². The van der Waals surface area contributed by atoms with Crippen molar-refractivity contribution >= 4 is 22.3 Å². The van der Waals surface area contributed by atoms with Crippen LogP contribution in [0.1, 0.15) is 11.1 Å². The van der Waals surface area contributed by atoms with E-state index in [1.54, 1.807) is 30.3 Å². The largest absolute Gasteiger partial charge is 0.416 e. The number of halogens is 3. The molecular formula is C17H10F3N3. The Morgan fingerprint density at radius 3 is 2.52 bits per heavy atom. The quantitative estimate of drug-likeness (QED) is 0.734. The summed E-state index contributed by atoms with van der Waals surface area (Å²) in [5.74, 6) is 0. The average Bonchev–Trinajstić information content (AvgIpc) is 2.54. The van der Waals surface area contributed by atoms with E-state index in [9.17, 15) is 13.2 Å². The van der Waals surface area contributed by atoms with Crippen LogP contribution in [0.4, 0.5) is 24.5 Å². The molecule has 1 aromatic heterocycles. The number of para-hydroxylation sites is 1. The van der Waals surface area contributed by atoms with Gasteiger partial charge in [-0.2, -0.15) is 18.4 Å². The highest BCUT2D eigenvalue weighted by Gasteiger charge is 2.30. The second-order valence-electron chi connectivity index (χ2n) is 4.87. The zero-order valence-corrected chi connectivity index (χ0v) is 11.7. The van der Waals surface area contributed by atoms with Gasteiger partial charge in [0.1, 0.15) is 6.07 Å². The first-order valence-corrected chi connectivity index (χ1v) is 6.71. The minimum absolute atomic E-state index is 0.235. The first kappa shape index (κ1) is 14.9. The van der Waals surface area contributed by atoms with Crippen molar-refractivity contribution < 1.29 is 13.2 Å². The van der Waals surface area contributed by atoms with Crippen LogP contribution < -0.4 is 5.32 Å². The molecule has 0 aliphatic carbocycles. The first-order valence-electron chi connectivity index (χ1n) is 6.71. The van der Waals surface area contributed by atoms with Crippen LogP contribution in [0.3, 0.4) is 0 Å². The molecule has 3 nitrogen and oxygen atoms in total. The molecule has 3 rings (SSSR count). The van der Waals surface area contributed by atoms with Gasteiger partial charge >= 0.3 is 6.18 Å². The summed E-state index contributed by atoms with van der Waals surface area (Å²) in [5.41, 5.74) is 1.12. The second kappa shape index (κ2) is 5.61. The molecule has 0 unspecified atom stereocenters. The molecule has 6 heteroatoms. The standard InChI is InChI=1S/C17H10F3N3/c18-17(19,20)12-5-6-13-15(7-8-22-16(13)9-12)23-14-4-2-1-3-11(14)10-21/h1-9H,(H,22,23). The van der Waals surface area contributed by atoms with E-state index < -0.39 is 11.7 Å². The number of nitrogens with one attached hydrogen (secondary N) is 1. The number of nitrogens with zero attached hydrogens (tertiary/aromatic N) is 2. The number of benzene rings is 2. The van der Waals surface area contributed by atoms with Gasteiger partial charge in [-0.1, -0.05) is 18.2 Å². The highest BCUT2D eigenvalue weighted by molar-refractivity contribution is 5.93. The topological polar surface area (TPSA) is 48.7 Å². The molecule has 0 radical (unpaired) electrons. The summed E-state index contributed by atoms with van der Waals surface area (Å²) in [4.78, 5) is 4.00. The molecular weight excluding hydrogens is 303 g/mol. The van der Waals surface area contributed by atoms with Crippen LogP contribution in [0.2, 0.25) is 0 Å². The lowest BCUT2D eigenvalue weighted by atomic mass is 10.1. The lowest BCUT2D eigenvalue weighted by Crippen LogP contribution is -2.04. The lowest BCUT2D eigenvalue weighted by Gasteiger charge is -2.12. The summed E-state index contributed by atoms with van der Waals surface area (Å²) in [6.07, 6.45) is -2.98. The zero-order valence-electron chi connectivity index (χ0n) is 11.7. The SMILES string of the molecule is N#Cc1ccccc1Nc1ccnc2cc(C(F)(F)F)ccc12. The normalized spacial score (nSPS) is 11.2. The van der Waals surface area contributed by atoms with Gasteiger partial charge in [-0.25, -0.2) is 0 Å². The molecule has 1 heterocycles. The molecule has 0 amide bonds. The Morgan fingerprint density at radius 1 is 1.00 bits per heavy atom. The van der Waals surface area contributed by atoms with Crippen molar-refractivity contribution in [1.82, 2.24) is 4.98 Å². The summed E-state index contributed by atoms with van der Waals surface area (Å²) in [5, 5.41) is 12.7. The van der Waals surface area contributed by atoms with Crippen molar-refractivity contribution in [3.8, 4) is 6.07 Å². The molecule has 0 aliphatic heterocycles. The minimum atomic E-state index is -4.41. The maximum absolute atomic E-state index is 12.8. The number of alkyl halides is 3. The molecule has 23 heavy (non-hydrogen) atoms. The van der Waals surface area contributed by atoms with Crippen LogP contribution in [-0.2, 0) is 6.18 Å². The highest BCUT2D eigenvalue weighted by Crippen LogP contribution is 2.33. The van der Waals surface area contributed by atoms with Crippen LogP contribution in [0.5, 0.6) is 0 Å². The van der Waals surface area contributed by atoms with E-state index in [0.717, 1.165) is 12.1 Å². The third-order valence-electron chi connectivity index (χ3n) is 3.39. The number of rotatable bonds is 2. The fraction of sp³-hybridized carbons (Fsp3) is 0.0588. The highest BCUT2D eigenvalue weighted by atomic mass is 19.4. The van der Waals surface area contributed by atoms with Gasteiger partial charge in [-0.15, -0.1) is 0 Å². The average molecular weight is 313 g/mol. The summed E-state index contributed by atoms with van der Waals surface area (Å²) in [7, 11) is 0. The number of hydrogen-bond donors (Lipinski definition) is 1. The molecule has 114 valence electrons. The van der Waals surface area contributed by atoms with E-state index in [1.165, 1.54) is 12.3 Å². The number of hydrogen-bond acceptors (Lipinski definition) is 3. The molecule has 0 bridgehead atoms. The fourth-order valence-electron chi connectivity index (χ4n) is 2.27. The van der Waals surface area contributed by atoms with Crippen LogP contribution in [0, 0.1) is 11.3 Å². The van der Waals surface area contributed by atoms with Crippen molar-refractivity contribution in [1.29, 1.82) is 5.26 Å². The number of nitriles is 1. The molecule has 2 aromatic carbocycles. The van der Waals surface area contributed by atoms with Crippen LogP contribution in [0.15, 0.2) is 54.7 Å². The van der Waals surface area contributed by atoms with Gasteiger partial charge < -0.3 is 5.32 Å². The molecule has 0 atom stereocenters. The van der Waals surface area contributed by atoms with Gasteiger partial charge in [-0.3, -0.25) is 4.98 Å². The maximum atomic E-state index is 12.8. The van der Waals surface area contributed by atoms with Gasteiger partial charge in [0.25, 0.3) is 0 Å². The van der Waals surface area contributed by atoms with Crippen LogP contribution >= 0.6 is 0 Å². The fourth-order valence-corrected chi connectivity index (χ4v) is 2.27. The molecule has 1 N–H and O–H groups in total. The molecule has 3 aromatic rings. The van der Waals surface area contributed by atoms with Crippen LogP contribution in [-0.4, -0.2) is 4.98 Å². The molecule has 0 saturated carbocycles. The Balaban J connectivity index is 2.07. The monoisotopic (exact) mass is 313 g/mol. The van der Waals surface area contributed by atoms with Gasteiger partial charge in [0.2, 0.25) is 0 Å². The first-order chi connectivity index (χ1) is 11.0. The Morgan fingerprint density at radius 2 is 1.78 bits per heavy atom. The zero-order chi connectivity index (χ0) is 16.4. The molecule has 0 aliphatic rings. The molecule has 0 fully saturated rings. The van der Waals surface area contributed by atoms with Crippen molar-refractivity contribution in [3.05, 3.63) is 65.9 Å². The number of fused-ring (bicyclic) bond motifs is 1. The summed E-state index contributed by atoms with van der Waals surface area (Å²) >= 11 is 0. The van der Waals surface area contributed by atoms with E-state index >= 15 is 0 Å². The van der Waals surface area contributed by atoms with Gasteiger partial charge in [0.05, 0.1) is 22.3 Å². The molecule has 0 spiro atoms. The van der Waals surface area contributed by atoms with Crippen molar-refractivity contribution in [2.45, 2.75) is 6.18 Å². The predicted molar refractivity (Wildman–Crippen MR) is 81.2 cm³/mol. The smallest absolute Gasteiger partial charge is 0.354 e. The maximum Gasteiger partial charge on any atom is 0.416 e. The predicted octanol–water partition coefficient (Wildman–Crippen LogP) is 4.87. The Bertz CT molecular complexity index is 911. The summed E-state index contributed by atoms with van der Waals surface area (Å²) < 4.78 is 38.3. The second-order valence-corrected chi connectivity index (χ2v) is 4.87. The van der Waals surface area contributed by atoms with E-state index in [4.69, 9.17) is 5.26 Å². The van der Waals surface area contributed by atoms with Gasteiger partial charge in [0, 0.05) is 17.3 Å². The van der Waals surface area contributed by atoms with Crippen molar-refractivity contribution in [3.63, 3.8) is 0 Å². The number of anilines is 2. The van der Waals surface area contributed by atoms with Gasteiger partial charge in [0.15, 0.2) is 0 Å². The number of aromatic nitrogens is 1. The van der Waals surface area contributed by atoms with Crippen molar-refractivity contribution in [2.75, 3.05) is 5.32 Å². The Hall–Kier alpha value is -3.07. The lowest BCUT2D eigenvalue weighted by molar-refractivity contribution is -0.137. The minimum Gasteiger partial charge on any atom is -0.354 e. The Kier molecular flexibility index (Phi) is 3.62. The third-order valence-corrected chi connectivity index (χ3v) is 3.39. The molecule has 0 saturated heterocycles. The summed E-state index contributed by atoms with van der Waals surface area (Å²) in [6, 6.07) is 14.0. The van der Waals surface area contributed by atoms with Crippen LogP contribution in [0.25, 0.3) is 10.9 Å².